The Morgan fingerprint density at radius 3 is 2.76 bits per heavy atom. The second-order valence-electron chi connectivity index (χ2n) is 6.25. The first-order valence-electron chi connectivity index (χ1n) is 7.14. The Morgan fingerprint density at radius 2 is 2.19 bits per heavy atom. The molecule has 1 aromatic heterocycles. The molecule has 5 nitrogen and oxygen atoms in total. The molecule has 1 aromatic rings. The number of aliphatic carboxylic acids is 1. The van der Waals surface area contributed by atoms with Gasteiger partial charge in [0.25, 0.3) is 0 Å². The number of nitrogens with zero attached hydrogens (tertiary/aromatic N) is 2. The van der Waals surface area contributed by atoms with Crippen LogP contribution in [-0.2, 0) is 4.79 Å². The first-order valence-corrected chi connectivity index (χ1v) is 7.14. The highest BCUT2D eigenvalue weighted by atomic mass is 16.4. The molecule has 0 spiro atoms. The molecule has 0 aliphatic heterocycles. The lowest BCUT2D eigenvalue weighted by atomic mass is 9.76. The molecular formula is C16H23N3O2. The van der Waals surface area contributed by atoms with Crippen LogP contribution in [0.5, 0.6) is 0 Å². The van der Waals surface area contributed by atoms with Gasteiger partial charge in [-0.05, 0) is 36.3 Å². The Balaban J connectivity index is 2.53. The van der Waals surface area contributed by atoms with Gasteiger partial charge < -0.3 is 10.4 Å². The second kappa shape index (κ2) is 7.63. The standard InChI is InChI=1S/C16H23N3O2/c1-16(2,3)13(4-5-15(20)21)7-9-19-14-10-12(11-17)6-8-18-14/h6,8,10,13H,4-5,7,9H2,1-3H3,(H,18,19)(H,20,21). The summed E-state index contributed by atoms with van der Waals surface area (Å²) in [5.74, 6) is 0.251. The number of aromatic nitrogens is 1. The molecule has 0 amide bonds. The zero-order valence-corrected chi connectivity index (χ0v) is 12.9. The minimum absolute atomic E-state index is 0.0685. The lowest BCUT2D eigenvalue weighted by molar-refractivity contribution is -0.137. The predicted molar refractivity (Wildman–Crippen MR) is 81.9 cm³/mol. The minimum atomic E-state index is -0.749. The Bertz CT molecular complexity index is 515. The summed E-state index contributed by atoms with van der Waals surface area (Å²) >= 11 is 0. The highest BCUT2D eigenvalue weighted by molar-refractivity contribution is 5.66. The number of pyridine rings is 1. The summed E-state index contributed by atoms with van der Waals surface area (Å²) in [7, 11) is 0. The molecule has 1 rings (SSSR count). The lowest BCUT2D eigenvalue weighted by Crippen LogP contribution is -2.24. The van der Waals surface area contributed by atoms with E-state index in [1.165, 1.54) is 0 Å². The van der Waals surface area contributed by atoms with Gasteiger partial charge in [0.15, 0.2) is 0 Å². The normalized spacial score (nSPS) is 12.5. The van der Waals surface area contributed by atoms with Gasteiger partial charge in [-0.25, -0.2) is 4.98 Å². The molecule has 1 heterocycles. The predicted octanol–water partition coefficient (Wildman–Crippen LogP) is 3.28. The average Bonchev–Trinajstić information content (AvgIpc) is 2.41. The van der Waals surface area contributed by atoms with E-state index in [0.717, 1.165) is 6.42 Å². The molecule has 1 unspecified atom stereocenters. The van der Waals surface area contributed by atoms with Crippen molar-refractivity contribution in [1.82, 2.24) is 4.98 Å². The SMILES string of the molecule is CC(C)(C)C(CCNc1cc(C#N)ccn1)CCC(=O)O. The number of rotatable bonds is 7. The van der Waals surface area contributed by atoms with Gasteiger partial charge >= 0.3 is 5.97 Å². The third-order valence-electron chi connectivity index (χ3n) is 3.62. The number of carbonyl (C=O) groups is 1. The summed E-state index contributed by atoms with van der Waals surface area (Å²) in [6, 6.07) is 5.45. The van der Waals surface area contributed by atoms with Crippen molar-refractivity contribution in [2.24, 2.45) is 11.3 Å². The van der Waals surface area contributed by atoms with Crippen LogP contribution in [0.2, 0.25) is 0 Å². The number of hydrogen-bond donors (Lipinski definition) is 2. The summed E-state index contributed by atoms with van der Waals surface area (Å²) in [6.45, 7) is 7.11. The molecular weight excluding hydrogens is 266 g/mol. The zero-order valence-electron chi connectivity index (χ0n) is 12.9. The van der Waals surface area contributed by atoms with Gasteiger partial charge in [0.05, 0.1) is 11.6 Å². The molecule has 0 aliphatic carbocycles. The van der Waals surface area contributed by atoms with Gasteiger partial charge in [-0.3, -0.25) is 4.79 Å². The van der Waals surface area contributed by atoms with Crippen LogP contribution in [0, 0.1) is 22.7 Å². The summed E-state index contributed by atoms with van der Waals surface area (Å²) in [5.41, 5.74) is 0.643. The van der Waals surface area contributed by atoms with Crippen molar-refractivity contribution in [3.8, 4) is 6.07 Å². The molecule has 0 aromatic carbocycles. The Labute approximate surface area is 126 Å². The van der Waals surface area contributed by atoms with Gasteiger partial charge in [-0.15, -0.1) is 0 Å². The van der Waals surface area contributed by atoms with Crippen molar-refractivity contribution in [1.29, 1.82) is 5.26 Å². The van der Waals surface area contributed by atoms with Crippen molar-refractivity contribution >= 4 is 11.8 Å². The number of hydrogen-bond acceptors (Lipinski definition) is 4. The molecule has 0 fully saturated rings. The maximum atomic E-state index is 10.7. The molecule has 2 N–H and O–H groups in total. The first-order chi connectivity index (χ1) is 9.82. The van der Waals surface area contributed by atoms with E-state index < -0.39 is 5.97 Å². The number of nitrogens with one attached hydrogen (secondary N) is 1. The summed E-state index contributed by atoms with van der Waals surface area (Å²) in [4.78, 5) is 14.9. The van der Waals surface area contributed by atoms with E-state index in [-0.39, 0.29) is 11.8 Å². The maximum absolute atomic E-state index is 10.7. The van der Waals surface area contributed by atoms with Gasteiger partial charge in [0.2, 0.25) is 0 Å². The third-order valence-corrected chi connectivity index (χ3v) is 3.62. The van der Waals surface area contributed by atoms with Crippen molar-refractivity contribution in [3.05, 3.63) is 23.9 Å². The van der Waals surface area contributed by atoms with Crippen molar-refractivity contribution < 1.29 is 9.90 Å². The van der Waals surface area contributed by atoms with E-state index in [0.29, 0.717) is 30.3 Å². The van der Waals surface area contributed by atoms with Crippen LogP contribution in [0.25, 0.3) is 0 Å². The third kappa shape index (κ3) is 6.26. The number of carboxylic acid groups (broad SMARTS) is 1. The fraction of sp³-hybridized carbons (Fsp3) is 0.562. The van der Waals surface area contributed by atoms with E-state index in [4.69, 9.17) is 10.4 Å². The molecule has 0 radical (unpaired) electrons. The first kappa shape index (κ1) is 17.0. The van der Waals surface area contributed by atoms with Gasteiger partial charge in [-0.2, -0.15) is 5.26 Å². The fourth-order valence-electron chi connectivity index (χ4n) is 2.28. The molecule has 0 bridgehead atoms. The Morgan fingerprint density at radius 1 is 1.48 bits per heavy atom. The van der Waals surface area contributed by atoms with Gasteiger partial charge in [0, 0.05) is 19.2 Å². The molecule has 0 saturated heterocycles. The van der Waals surface area contributed by atoms with Crippen LogP contribution >= 0.6 is 0 Å². The minimum Gasteiger partial charge on any atom is -0.481 e. The quantitative estimate of drug-likeness (QED) is 0.804. The molecule has 5 heteroatoms. The average molecular weight is 289 g/mol. The van der Waals surface area contributed by atoms with Crippen LogP contribution in [0.3, 0.4) is 0 Å². The Hall–Kier alpha value is -2.09. The smallest absolute Gasteiger partial charge is 0.303 e. The number of anilines is 1. The topological polar surface area (TPSA) is 86.0 Å². The second-order valence-corrected chi connectivity index (χ2v) is 6.25. The summed E-state index contributed by atoms with van der Waals surface area (Å²) < 4.78 is 0. The molecule has 114 valence electrons. The number of carboxylic acids is 1. The van der Waals surface area contributed by atoms with Crippen molar-refractivity contribution in [2.75, 3.05) is 11.9 Å². The fourth-order valence-corrected chi connectivity index (χ4v) is 2.28. The van der Waals surface area contributed by atoms with E-state index in [9.17, 15) is 4.79 Å². The molecule has 21 heavy (non-hydrogen) atoms. The molecule has 1 atom stereocenters. The largest absolute Gasteiger partial charge is 0.481 e. The van der Waals surface area contributed by atoms with E-state index in [1.807, 2.05) is 0 Å². The number of nitriles is 1. The summed E-state index contributed by atoms with van der Waals surface area (Å²) in [5, 5.41) is 20.9. The Kier molecular flexibility index (Phi) is 6.16. The monoisotopic (exact) mass is 289 g/mol. The van der Waals surface area contributed by atoms with E-state index in [1.54, 1.807) is 18.3 Å². The van der Waals surface area contributed by atoms with Crippen LogP contribution in [0.4, 0.5) is 5.82 Å². The highest BCUT2D eigenvalue weighted by Gasteiger charge is 2.24. The van der Waals surface area contributed by atoms with E-state index >= 15 is 0 Å². The summed E-state index contributed by atoms with van der Waals surface area (Å²) in [6.07, 6.45) is 3.35. The highest BCUT2D eigenvalue weighted by Crippen LogP contribution is 2.32. The van der Waals surface area contributed by atoms with Crippen molar-refractivity contribution in [2.45, 2.75) is 40.0 Å². The van der Waals surface area contributed by atoms with Crippen LogP contribution in [-0.4, -0.2) is 22.6 Å². The van der Waals surface area contributed by atoms with Crippen LogP contribution in [0.15, 0.2) is 18.3 Å². The van der Waals surface area contributed by atoms with E-state index in [2.05, 4.69) is 37.1 Å². The van der Waals surface area contributed by atoms with Crippen molar-refractivity contribution in [3.63, 3.8) is 0 Å². The zero-order chi connectivity index (χ0) is 15.9. The van der Waals surface area contributed by atoms with Gasteiger partial charge in [0.1, 0.15) is 5.82 Å². The maximum Gasteiger partial charge on any atom is 0.303 e. The molecule has 0 aliphatic rings. The lowest BCUT2D eigenvalue weighted by Gasteiger charge is -2.30. The van der Waals surface area contributed by atoms with Crippen LogP contribution in [0.1, 0.15) is 45.6 Å². The van der Waals surface area contributed by atoms with Crippen LogP contribution < -0.4 is 5.32 Å². The van der Waals surface area contributed by atoms with Gasteiger partial charge in [-0.1, -0.05) is 20.8 Å². The molecule has 0 saturated carbocycles.